The molecule has 2 rings (SSSR count). The van der Waals surface area contributed by atoms with Crippen LogP contribution in [-0.2, 0) is 21.2 Å². The third kappa shape index (κ3) is 5.33. The Morgan fingerprint density at radius 3 is 2.35 bits per heavy atom. The molecule has 0 heterocycles. The number of carbonyl (C=O) groups excluding carboxylic acids is 1. The number of benzene rings is 2. The lowest BCUT2D eigenvalue weighted by Gasteiger charge is -2.23. The number of nitrogens with zero attached hydrogens (tertiary/aromatic N) is 1. The molecule has 5 nitrogen and oxygen atoms in total. The highest BCUT2D eigenvalue weighted by Gasteiger charge is 2.22. The Labute approximate surface area is 156 Å². The number of anilines is 1. The second-order valence-electron chi connectivity index (χ2n) is 6.49. The van der Waals surface area contributed by atoms with E-state index in [1.165, 1.54) is 5.56 Å². The third-order valence-corrected chi connectivity index (χ3v) is 5.38. The van der Waals surface area contributed by atoms with Crippen LogP contribution in [0.2, 0.25) is 0 Å². The first-order valence-electron chi connectivity index (χ1n) is 8.63. The van der Waals surface area contributed by atoms with E-state index in [1.54, 1.807) is 18.2 Å². The van der Waals surface area contributed by atoms with E-state index in [2.05, 4.69) is 12.2 Å². The van der Waals surface area contributed by atoms with E-state index in [9.17, 15) is 13.2 Å². The fraction of sp³-hybridized carbons (Fsp3) is 0.350. The topological polar surface area (TPSA) is 66.5 Å². The Balaban J connectivity index is 2.11. The molecule has 0 fully saturated rings. The number of hydrogen-bond donors (Lipinski definition) is 1. The molecule has 0 bridgehead atoms. The Bertz CT molecular complexity index is 861. The van der Waals surface area contributed by atoms with Crippen molar-refractivity contribution in [1.29, 1.82) is 0 Å². The zero-order valence-electron chi connectivity index (χ0n) is 15.7. The van der Waals surface area contributed by atoms with Crippen LogP contribution in [0.5, 0.6) is 0 Å². The zero-order chi connectivity index (χ0) is 19.3. The van der Waals surface area contributed by atoms with Gasteiger partial charge in [-0.05, 0) is 49.1 Å². The molecular formula is C20H26N2O3S. The van der Waals surface area contributed by atoms with Crippen LogP contribution < -0.4 is 9.62 Å². The fourth-order valence-corrected chi connectivity index (χ4v) is 3.57. The maximum absolute atomic E-state index is 12.4. The van der Waals surface area contributed by atoms with E-state index in [0.717, 1.165) is 28.1 Å². The molecule has 6 heteroatoms. The van der Waals surface area contributed by atoms with Crippen LogP contribution in [0.25, 0.3) is 0 Å². The first kappa shape index (κ1) is 20.0. The van der Waals surface area contributed by atoms with Gasteiger partial charge in [0.05, 0.1) is 18.0 Å². The summed E-state index contributed by atoms with van der Waals surface area (Å²) in [6.07, 6.45) is 2.07. The Kier molecular flexibility index (Phi) is 6.42. The van der Waals surface area contributed by atoms with Crippen LogP contribution in [0.3, 0.4) is 0 Å². The van der Waals surface area contributed by atoms with Crippen LogP contribution in [0.15, 0.2) is 48.5 Å². The summed E-state index contributed by atoms with van der Waals surface area (Å²) in [5.74, 6) is -0.344. The van der Waals surface area contributed by atoms with E-state index in [4.69, 9.17) is 0 Å². The second kappa shape index (κ2) is 8.36. The molecule has 0 spiro atoms. The number of aryl methyl sites for hydroxylation is 2. The molecule has 0 aliphatic carbocycles. The molecule has 0 aliphatic heterocycles. The van der Waals surface area contributed by atoms with E-state index in [0.29, 0.717) is 5.69 Å². The van der Waals surface area contributed by atoms with Crippen molar-refractivity contribution in [2.24, 2.45) is 0 Å². The highest BCUT2D eigenvalue weighted by atomic mass is 32.2. The van der Waals surface area contributed by atoms with Crippen LogP contribution >= 0.6 is 0 Å². The van der Waals surface area contributed by atoms with Crippen molar-refractivity contribution < 1.29 is 13.2 Å². The van der Waals surface area contributed by atoms with Gasteiger partial charge < -0.3 is 5.32 Å². The molecule has 0 aliphatic rings. The highest BCUT2D eigenvalue weighted by Crippen LogP contribution is 2.19. The molecule has 0 saturated heterocycles. The molecule has 0 saturated carbocycles. The molecule has 140 valence electrons. The maximum Gasteiger partial charge on any atom is 0.241 e. The fourth-order valence-electron chi connectivity index (χ4n) is 2.73. The molecule has 2 aromatic carbocycles. The molecular weight excluding hydrogens is 348 g/mol. The molecule has 2 aromatic rings. The molecule has 1 atom stereocenters. The van der Waals surface area contributed by atoms with Gasteiger partial charge in [0.25, 0.3) is 0 Å². The Morgan fingerprint density at radius 1 is 1.15 bits per heavy atom. The van der Waals surface area contributed by atoms with Crippen molar-refractivity contribution in [2.45, 2.75) is 33.2 Å². The number of sulfonamides is 1. The molecule has 1 unspecified atom stereocenters. The van der Waals surface area contributed by atoms with Gasteiger partial charge in [-0.2, -0.15) is 0 Å². The summed E-state index contributed by atoms with van der Waals surface area (Å²) in [5.41, 5.74) is 3.63. The molecule has 1 N–H and O–H groups in total. The van der Waals surface area contributed by atoms with Crippen LogP contribution in [0.1, 0.15) is 36.6 Å². The molecule has 26 heavy (non-hydrogen) atoms. The van der Waals surface area contributed by atoms with Crippen molar-refractivity contribution in [1.82, 2.24) is 5.32 Å². The average molecular weight is 375 g/mol. The molecule has 1 amide bonds. The van der Waals surface area contributed by atoms with Gasteiger partial charge in [-0.15, -0.1) is 0 Å². The van der Waals surface area contributed by atoms with E-state index < -0.39 is 10.0 Å². The van der Waals surface area contributed by atoms with Crippen molar-refractivity contribution in [3.8, 4) is 0 Å². The first-order valence-corrected chi connectivity index (χ1v) is 10.5. The number of nitrogens with one attached hydrogen (secondary N) is 1. The van der Waals surface area contributed by atoms with Gasteiger partial charge in [0.2, 0.25) is 15.9 Å². The summed E-state index contributed by atoms with van der Waals surface area (Å²) >= 11 is 0. The number of carbonyl (C=O) groups is 1. The lowest BCUT2D eigenvalue weighted by atomic mass is 10.1. The summed E-state index contributed by atoms with van der Waals surface area (Å²) in [7, 11) is -3.57. The van der Waals surface area contributed by atoms with E-state index in [1.807, 2.05) is 44.2 Å². The van der Waals surface area contributed by atoms with Crippen LogP contribution in [0, 0.1) is 6.92 Å². The third-order valence-electron chi connectivity index (χ3n) is 4.24. The van der Waals surface area contributed by atoms with Crippen molar-refractivity contribution in [3.05, 3.63) is 65.2 Å². The highest BCUT2D eigenvalue weighted by molar-refractivity contribution is 7.92. The van der Waals surface area contributed by atoms with Gasteiger partial charge in [0, 0.05) is 0 Å². The summed E-state index contributed by atoms with van der Waals surface area (Å²) in [6, 6.07) is 14.9. The van der Waals surface area contributed by atoms with E-state index in [-0.39, 0.29) is 18.5 Å². The Hall–Kier alpha value is -2.34. The van der Waals surface area contributed by atoms with Gasteiger partial charge >= 0.3 is 0 Å². The molecule has 0 radical (unpaired) electrons. The number of hydrogen-bond acceptors (Lipinski definition) is 3. The quantitative estimate of drug-likeness (QED) is 0.809. The minimum absolute atomic E-state index is 0.202. The average Bonchev–Trinajstić information content (AvgIpc) is 2.58. The summed E-state index contributed by atoms with van der Waals surface area (Å²) < 4.78 is 25.4. The lowest BCUT2D eigenvalue weighted by Crippen LogP contribution is -2.41. The van der Waals surface area contributed by atoms with Gasteiger partial charge in [0.15, 0.2) is 0 Å². The van der Waals surface area contributed by atoms with Crippen molar-refractivity contribution in [3.63, 3.8) is 0 Å². The summed E-state index contributed by atoms with van der Waals surface area (Å²) in [6.45, 7) is 5.60. The maximum atomic E-state index is 12.4. The van der Waals surface area contributed by atoms with E-state index >= 15 is 0 Å². The van der Waals surface area contributed by atoms with Crippen molar-refractivity contribution in [2.75, 3.05) is 17.1 Å². The lowest BCUT2D eigenvalue weighted by molar-refractivity contribution is -0.120. The van der Waals surface area contributed by atoms with Crippen LogP contribution in [0.4, 0.5) is 5.69 Å². The summed E-state index contributed by atoms with van der Waals surface area (Å²) in [4.78, 5) is 12.4. The summed E-state index contributed by atoms with van der Waals surface area (Å²) in [5, 5.41) is 2.88. The smallest absolute Gasteiger partial charge is 0.241 e. The Morgan fingerprint density at radius 2 is 1.81 bits per heavy atom. The minimum atomic E-state index is -3.57. The molecule has 0 aromatic heterocycles. The normalized spacial score (nSPS) is 12.5. The minimum Gasteiger partial charge on any atom is -0.348 e. The first-order chi connectivity index (χ1) is 12.2. The number of rotatable bonds is 7. The monoisotopic (exact) mass is 374 g/mol. The SMILES string of the molecule is CCc1ccc(C(C)NC(=O)CN(c2cccc(C)c2)S(C)(=O)=O)cc1. The van der Waals surface area contributed by atoms with Crippen molar-refractivity contribution >= 4 is 21.6 Å². The largest absolute Gasteiger partial charge is 0.348 e. The van der Waals surface area contributed by atoms with Gasteiger partial charge in [0.1, 0.15) is 6.54 Å². The number of amides is 1. The van der Waals surface area contributed by atoms with Gasteiger partial charge in [-0.1, -0.05) is 43.3 Å². The van der Waals surface area contributed by atoms with Gasteiger partial charge in [-0.25, -0.2) is 8.42 Å². The standard InChI is InChI=1S/C20H26N2O3S/c1-5-17-9-11-18(12-10-17)16(3)21-20(23)14-22(26(4,24)25)19-8-6-7-15(2)13-19/h6-13,16H,5,14H2,1-4H3,(H,21,23). The second-order valence-corrected chi connectivity index (χ2v) is 8.40. The zero-order valence-corrected chi connectivity index (χ0v) is 16.5. The predicted octanol–water partition coefficient (Wildman–Crippen LogP) is 3.20. The van der Waals surface area contributed by atoms with Crippen LogP contribution in [-0.4, -0.2) is 27.1 Å². The van der Waals surface area contributed by atoms with Gasteiger partial charge in [-0.3, -0.25) is 9.10 Å². The predicted molar refractivity (Wildman–Crippen MR) is 106 cm³/mol.